The normalized spacial score (nSPS) is 11.9. The van der Waals surface area contributed by atoms with E-state index >= 15 is 0 Å². The van der Waals surface area contributed by atoms with Crippen LogP contribution in [0.5, 0.6) is 0 Å². The summed E-state index contributed by atoms with van der Waals surface area (Å²) in [6.07, 6.45) is 0. The van der Waals surface area contributed by atoms with E-state index in [-0.39, 0.29) is 0 Å². The topological polar surface area (TPSA) is 57.9 Å². The third-order valence-electron chi connectivity index (χ3n) is 2.01. The number of anilines is 1. The minimum Gasteiger partial charge on any atom is -0.384 e. The van der Waals surface area contributed by atoms with E-state index < -0.39 is 0 Å². The Labute approximate surface area is 100 Å². The van der Waals surface area contributed by atoms with Gasteiger partial charge >= 0.3 is 0 Å². The van der Waals surface area contributed by atoms with Crippen molar-refractivity contribution in [1.82, 2.24) is 4.98 Å². The molecule has 0 aliphatic rings. The van der Waals surface area contributed by atoms with Crippen LogP contribution < -0.4 is 5.32 Å². The Morgan fingerprint density at radius 2 is 2.38 bits per heavy atom. The lowest BCUT2D eigenvalue weighted by atomic mass is 10.2. The average molecular weight is 240 g/mol. The van der Waals surface area contributed by atoms with Crippen LogP contribution >= 0.6 is 11.6 Å². The van der Waals surface area contributed by atoms with Gasteiger partial charge in [-0.05, 0) is 18.1 Å². The van der Waals surface area contributed by atoms with Crippen molar-refractivity contribution in [3.63, 3.8) is 0 Å². The van der Waals surface area contributed by atoms with Gasteiger partial charge in [0.1, 0.15) is 11.0 Å². The van der Waals surface area contributed by atoms with Gasteiger partial charge in [0.2, 0.25) is 0 Å². The van der Waals surface area contributed by atoms with Crippen molar-refractivity contribution in [2.75, 3.05) is 25.6 Å². The third kappa shape index (κ3) is 4.05. The van der Waals surface area contributed by atoms with Gasteiger partial charge in [0.15, 0.2) is 0 Å². The second kappa shape index (κ2) is 6.31. The molecule has 0 saturated carbocycles. The first-order chi connectivity index (χ1) is 7.65. The van der Waals surface area contributed by atoms with Gasteiger partial charge in [-0.2, -0.15) is 5.26 Å². The molecule has 1 N–H and O–H groups in total. The van der Waals surface area contributed by atoms with Crippen molar-refractivity contribution in [3.8, 4) is 6.07 Å². The number of nitriles is 1. The number of nitrogens with one attached hydrogen (secondary N) is 1. The summed E-state index contributed by atoms with van der Waals surface area (Å²) in [7, 11) is 1.67. The second-order valence-corrected chi connectivity index (χ2v) is 4.00. The number of halogens is 1. The minimum atomic E-state index is 0.320. The predicted octanol–water partition coefficient (Wildman–Crippen LogP) is 2.30. The number of rotatable bonds is 5. The second-order valence-electron chi connectivity index (χ2n) is 3.62. The molecule has 86 valence electrons. The highest BCUT2D eigenvalue weighted by Crippen LogP contribution is 2.14. The van der Waals surface area contributed by atoms with Crippen LogP contribution in [0.25, 0.3) is 0 Å². The maximum absolute atomic E-state index is 8.76. The van der Waals surface area contributed by atoms with Crippen LogP contribution in [-0.2, 0) is 4.74 Å². The molecule has 1 aromatic rings. The zero-order valence-electron chi connectivity index (χ0n) is 9.33. The zero-order chi connectivity index (χ0) is 12.0. The summed E-state index contributed by atoms with van der Waals surface area (Å²) < 4.78 is 5.02. The van der Waals surface area contributed by atoms with Gasteiger partial charge in [0.05, 0.1) is 18.2 Å². The summed E-state index contributed by atoms with van der Waals surface area (Å²) in [6.45, 7) is 3.47. The monoisotopic (exact) mass is 239 g/mol. The molecule has 0 saturated heterocycles. The molecule has 0 radical (unpaired) electrons. The standard InChI is InChI=1S/C11H14ClN3O/c1-8(7-16-2)6-14-11-4-9(5-13)3-10(12)15-11/h3-4,8H,6-7H2,1-2H3,(H,14,15). The van der Waals surface area contributed by atoms with Gasteiger partial charge in [-0.25, -0.2) is 4.98 Å². The number of aromatic nitrogens is 1. The SMILES string of the molecule is COCC(C)CNc1cc(C#N)cc(Cl)n1. The molecule has 4 nitrogen and oxygen atoms in total. The molecule has 0 aliphatic carbocycles. The zero-order valence-corrected chi connectivity index (χ0v) is 10.1. The van der Waals surface area contributed by atoms with Crippen LogP contribution in [0.3, 0.4) is 0 Å². The van der Waals surface area contributed by atoms with Crippen LogP contribution in [0.2, 0.25) is 5.15 Å². The van der Waals surface area contributed by atoms with Crippen molar-refractivity contribution in [3.05, 3.63) is 22.8 Å². The Bertz CT molecular complexity index is 389. The van der Waals surface area contributed by atoms with E-state index in [0.717, 1.165) is 6.54 Å². The smallest absolute Gasteiger partial charge is 0.132 e. The first kappa shape index (κ1) is 12.8. The highest BCUT2D eigenvalue weighted by Gasteiger charge is 2.04. The number of pyridine rings is 1. The molecular weight excluding hydrogens is 226 g/mol. The summed E-state index contributed by atoms with van der Waals surface area (Å²) >= 11 is 5.78. The lowest BCUT2D eigenvalue weighted by molar-refractivity contribution is 0.164. The van der Waals surface area contributed by atoms with Gasteiger partial charge in [-0.1, -0.05) is 18.5 Å². The highest BCUT2D eigenvalue weighted by molar-refractivity contribution is 6.29. The lowest BCUT2D eigenvalue weighted by Gasteiger charge is -2.12. The first-order valence-corrected chi connectivity index (χ1v) is 5.34. The van der Waals surface area contributed by atoms with Crippen LogP contribution in [0, 0.1) is 17.2 Å². The minimum absolute atomic E-state index is 0.320. The van der Waals surface area contributed by atoms with Gasteiger partial charge < -0.3 is 10.1 Å². The quantitative estimate of drug-likeness (QED) is 0.801. The van der Waals surface area contributed by atoms with Gasteiger partial charge in [0, 0.05) is 13.7 Å². The molecule has 1 heterocycles. The summed E-state index contributed by atoms with van der Waals surface area (Å²) in [5.41, 5.74) is 0.502. The summed E-state index contributed by atoms with van der Waals surface area (Å²) in [6, 6.07) is 5.24. The van der Waals surface area contributed by atoms with E-state index in [9.17, 15) is 0 Å². The predicted molar refractivity (Wildman–Crippen MR) is 63.5 cm³/mol. The molecule has 16 heavy (non-hydrogen) atoms. The largest absolute Gasteiger partial charge is 0.384 e. The van der Waals surface area contributed by atoms with Crippen molar-refractivity contribution >= 4 is 17.4 Å². The maximum atomic E-state index is 8.76. The number of hydrogen-bond donors (Lipinski definition) is 1. The summed E-state index contributed by atoms with van der Waals surface area (Å²) in [5, 5.41) is 12.2. The van der Waals surface area contributed by atoms with Crippen LogP contribution in [0.1, 0.15) is 12.5 Å². The van der Waals surface area contributed by atoms with Crippen LogP contribution in [0.15, 0.2) is 12.1 Å². The number of hydrogen-bond acceptors (Lipinski definition) is 4. The molecule has 0 bridgehead atoms. The molecule has 1 aromatic heterocycles. The Balaban J connectivity index is 2.60. The van der Waals surface area contributed by atoms with Gasteiger partial charge in [-0.15, -0.1) is 0 Å². The van der Waals surface area contributed by atoms with E-state index in [4.69, 9.17) is 21.6 Å². The Kier molecular flexibility index (Phi) is 5.03. The fraction of sp³-hybridized carbons (Fsp3) is 0.455. The molecule has 1 unspecified atom stereocenters. The molecule has 1 atom stereocenters. The average Bonchev–Trinajstić information content (AvgIpc) is 2.26. The van der Waals surface area contributed by atoms with E-state index in [0.29, 0.717) is 29.1 Å². The first-order valence-electron chi connectivity index (χ1n) is 4.96. The molecule has 0 aliphatic heterocycles. The molecule has 0 aromatic carbocycles. The Morgan fingerprint density at radius 3 is 3.00 bits per heavy atom. The molecular formula is C11H14ClN3O. The van der Waals surface area contributed by atoms with Crippen molar-refractivity contribution in [2.24, 2.45) is 5.92 Å². The fourth-order valence-electron chi connectivity index (χ4n) is 1.27. The third-order valence-corrected chi connectivity index (χ3v) is 2.20. The van der Waals surface area contributed by atoms with Crippen molar-refractivity contribution in [1.29, 1.82) is 5.26 Å². The highest BCUT2D eigenvalue weighted by atomic mass is 35.5. The van der Waals surface area contributed by atoms with Gasteiger partial charge in [-0.3, -0.25) is 0 Å². The van der Waals surface area contributed by atoms with Crippen LogP contribution in [0.4, 0.5) is 5.82 Å². The molecule has 1 rings (SSSR count). The summed E-state index contributed by atoms with van der Waals surface area (Å²) in [5.74, 6) is 0.989. The van der Waals surface area contributed by atoms with Gasteiger partial charge in [0.25, 0.3) is 0 Å². The number of ether oxygens (including phenoxy) is 1. The van der Waals surface area contributed by atoms with E-state index in [1.165, 1.54) is 6.07 Å². The molecule has 0 spiro atoms. The summed E-state index contributed by atoms with van der Waals surface area (Å²) in [4.78, 5) is 4.08. The van der Waals surface area contributed by atoms with E-state index in [2.05, 4.69) is 17.2 Å². The van der Waals surface area contributed by atoms with Crippen LogP contribution in [-0.4, -0.2) is 25.2 Å². The number of methoxy groups -OCH3 is 1. The Hall–Kier alpha value is -1.31. The van der Waals surface area contributed by atoms with E-state index in [1.807, 2.05) is 6.07 Å². The lowest BCUT2D eigenvalue weighted by Crippen LogP contribution is -2.16. The maximum Gasteiger partial charge on any atom is 0.132 e. The molecule has 0 amide bonds. The molecule has 5 heteroatoms. The number of nitrogens with zero attached hydrogens (tertiary/aromatic N) is 2. The van der Waals surface area contributed by atoms with Crippen molar-refractivity contribution < 1.29 is 4.74 Å². The van der Waals surface area contributed by atoms with E-state index in [1.54, 1.807) is 13.2 Å². The fourth-order valence-corrected chi connectivity index (χ4v) is 1.48. The Morgan fingerprint density at radius 1 is 1.62 bits per heavy atom. The molecule has 0 fully saturated rings. The van der Waals surface area contributed by atoms with Crippen molar-refractivity contribution in [2.45, 2.75) is 6.92 Å².